The highest BCUT2D eigenvalue weighted by molar-refractivity contribution is 5.89. The van der Waals surface area contributed by atoms with Crippen molar-refractivity contribution < 1.29 is 28.5 Å². The molecule has 2 aliphatic heterocycles. The number of carbonyl (C=O) groups is 2. The lowest BCUT2D eigenvalue weighted by atomic mass is 9.81. The fraction of sp³-hybridized carbons (Fsp3) is 0.778. The van der Waals surface area contributed by atoms with Crippen molar-refractivity contribution >= 4 is 12.3 Å². The molecule has 0 spiro atoms. The predicted molar refractivity (Wildman–Crippen MR) is 132 cm³/mol. The summed E-state index contributed by atoms with van der Waals surface area (Å²) in [6.07, 6.45) is 4.35. The lowest BCUT2D eigenvalue weighted by Gasteiger charge is -2.45. The topological polar surface area (TPSA) is 74.3 Å². The number of rotatable bonds is 11. The van der Waals surface area contributed by atoms with Crippen LogP contribution in [0.25, 0.3) is 0 Å². The van der Waals surface area contributed by atoms with Gasteiger partial charge in [0.25, 0.3) is 0 Å². The second-order valence-electron chi connectivity index (χ2n) is 10.8. The van der Waals surface area contributed by atoms with E-state index in [4.69, 9.17) is 18.9 Å². The van der Waals surface area contributed by atoms with Gasteiger partial charge in [0, 0.05) is 37.6 Å². The van der Waals surface area contributed by atoms with E-state index >= 15 is 0 Å². The number of cyclic esters (lactones) is 1. The molecule has 0 saturated carbocycles. The van der Waals surface area contributed by atoms with Gasteiger partial charge in [-0.05, 0) is 53.1 Å². The smallest absolute Gasteiger partial charge is 0.340 e. The van der Waals surface area contributed by atoms with Crippen LogP contribution in [0.4, 0.5) is 0 Å². The Hall–Kier alpha value is -1.70. The van der Waals surface area contributed by atoms with E-state index in [-0.39, 0.29) is 41.8 Å². The summed E-state index contributed by atoms with van der Waals surface area (Å²) in [7, 11) is 4.17. The zero-order chi connectivity index (χ0) is 25.8. The van der Waals surface area contributed by atoms with E-state index in [1.165, 1.54) is 0 Å². The van der Waals surface area contributed by atoms with Gasteiger partial charge in [-0.1, -0.05) is 26.8 Å². The molecule has 0 aromatic heterocycles. The molecule has 0 bridgehead atoms. The average molecular weight is 480 g/mol. The molecular weight excluding hydrogens is 434 g/mol. The summed E-state index contributed by atoms with van der Waals surface area (Å²) < 4.78 is 24.7. The Labute approximate surface area is 205 Å². The molecule has 0 aromatic rings. The molecule has 7 heteroatoms. The van der Waals surface area contributed by atoms with Gasteiger partial charge < -0.3 is 28.6 Å². The Morgan fingerprint density at radius 3 is 2.44 bits per heavy atom. The molecule has 0 amide bonds. The van der Waals surface area contributed by atoms with Crippen molar-refractivity contribution in [1.82, 2.24) is 4.90 Å². The highest BCUT2D eigenvalue weighted by atomic mass is 16.7. The number of hydrogen-bond acceptors (Lipinski definition) is 7. The molecule has 0 radical (unpaired) electrons. The summed E-state index contributed by atoms with van der Waals surface area (Å²) in [5, 5.41) is 0. The van der Waals surface area contributed by atoms with Crippen molar-refractivity contribution in [1.29, 1.82) is 0 Å². The Balaban J connectivity index is 2.46. The Kier molecular flexibility index (Phi) is 9.92. The van der Waals surface area contributed by atoms with Gasteiger partial charge in [-0.15, -0.1) is 6.58 Å². The van der Waals surface area contributed by atoms with Gasteiger partial charge in [0.05, 0.1) is 17.8 Å². The molecular formula is C27H45NO6. The minimum absolute atomic E-state index is 0.0107. The van der Waals surface area contributed by atoms with Crippen molar-refractivity contribution in [3.63, 3.8) is 0 Å². The molecule has 7 nitrogen and oxygen atoms in total. The molecule has 0 aliphatic carbocycles. The third-order valence-electron chi connectivity index (χ3n) is 7.05. The predicted octanol–water partition coefficient (Wildman–Crippen LogP) is 4.71. The minimum atomic E-state index is -1.06. The first kappa shape index (κ1) is 28.5. The van der Waals surface area contributed by atoms with Crippen molar-refractivity contribution in [2.45, 2.75) is 98.1 Å². The van der Waals surface area contributed by atoms with Crippen LogP contribution in [0.1, 0.15) is 67.7 Å². The third kappa shape index (κ3) is 6.92. The van der Waals surface area contributed by atoms with Crippen molar-refractivity contribution in [2.75, 3.05) is 14.1 Å². The molecule has 1 unspecified atom stereocenters. The molecule has 194 valence electrons. The Morgan fingerprint density at radius 1 is 1.24 bits per heavy atom. The number of esters is 1. The molecule has 2 rings (SSSR count). The van der Waals surface area contributed by atoms with E-state index in [2.05, 4.69) is 39.4 Å². The fourth-order valence-corrected chi connectivity index (χ4v) is 5.23. The highest BCUT2D eigenvalue weighted by Crippen LogP contribution is 2.39. The maximum atomic E-state index is 12.6. The zero-order valence-electron chi connectivity index (χ0n) is 22.5. The van der Waals surface area contributed by atoms with E-state index in [0.29, 0.717) is 30.2 Å². The van der Waals surface area contributed by atoms with E-state index in [1.54, 1.807) is 20.8 Å². The molecule has 8 atom stereocenters. The molecule has 1 saturated heterocycles. The van der Waals surface area contributed by atoms with E-state index in [9.17, 15) is 9.59 Å². The number of nitrogens with zero attached hydrogens (tertiary/aromatic N) is 1. The second-order valence-corrected chi connectivity index (χ2v) is 10.8. The molecule has 0 aromatic carbocycles. The van der Waals surface area contributed by atoms with Crippen LogP contribution in [0.3, 0.4) is 0 Å². The van der Waals surface area contributed by atoms with E-state index in [1.807, 2.05) is 19.9 Å². The van der Waals surface area contributed by atoms with Gasteiger partial charge >= 0.3 is 5.97 Å². The van der Waals surface area contributed by atoms with Crippen LogP contribution in [0.2, 0.25) is 0 Å². The first-order valence-electron chi connectivity index (χ1n) is 12.5. The van der Waals surface area contributed by atoms with E-state index < -0.39 is 12.1 Å². The Bertz CT molecular complexity index is 760. The zero-order valence-corrected chi connectivity index (χ0v) is 22.5. The fourth-order valence-electron chi connectivity index (χ4n) is 5.23. The van der Waals surface area contributed by atoms with Crippen molar-refractivity contribution in [3.8, 4) is 0 Å². The van der Waals surface area contributed by atoms with Crippen LogP contribution in [-0.4, -0.2) is 61.6 Å². The standard InChI is InChI=1S/C27H45NO6/c1-11-12-21(13-16(2)15-29)24(19(5)23-20(6)25(30)34-27(7,8)33-23)32-26-18(4)22(28(9)10)14-17(3)31-26/h11,15-19,21-22,24,26H,1,12-14H2,2-10H3/t16-,17-,18-,19+,21+,22?,24-,26+/m1/s1. The van der Waals surface area contributed by atoms with Gasteiger partial charge in [0.2, 0.25) is 5.79 Å². The van der Waals surface area contributed by atoms with Crippen LogP contribution in [-0.2, 0) is 28.5 Å². The number of aldehydes is 1. The van der Waals surface area contributed by atoms with Gasteiger partial charge in [-0.25, -0.2) is 4.79 Å². The minimum Gasteiger partial charge on any atom is -0.456 e. The Morgan fingerprint density at radius 2 is 1.88 bits per heavy atom. The van der Waals surface area contributed by atoms with E-state index in [0.717, 1.165) is 12.7 Å². The summed E-state index contributed by atoms with van der Waals surface area (Å²) in [5.41, 5.74) is 0.443. The molecule has 0 N–H and O–H groups in total. The van der Waals surface area contributed by atoms with Crippen LogP contribution >= 0.6 is 0 Å². The lowest BCUT2D eigenvalue weighted by molar-refractivity contribution is -0.264. The second kappa shape index (κ2) is 11.8. The van der Waals surface area contributed by atoms with Gasteiger partial charge in [0.15, 0.2) is 6.29 Å². The normalized spacial score (nSPS) is 30.7. The number of hydrogen-bond donors (Lipinski definition) is 0. The third-order valence-corrected chi connectivity index (χ3v) is 7.05. The van der Waals surface area contributed by atoms with Crippen LogP contribution in [0.5, 0.6) is 0 Å². The molecule has 1 fully saturated rings. The van der Waals surface area contributed by atoms with Crippen molar-refractivity contribution in [3.05, 3.63) is 24.0 Å². The SMILES string of the molecule is C=CC[C@@H](C[C@@H](C)C=O)[C@H](O[C@@H]1O[C@H](C)CC(N(C)C)[C@H]1C)[C@@H](C)C1=C(C)C(=O)OC(C)(C)O1. The first-order valence-corrected chi connectivity index (χ1v) is 12.5. The number of allylic oxidation sites excluding steroid dienone is 1. The molecule has 2 aliphatic rings. The summed E-state index contributed by atoms with van der Waals surface area (Å²) in [4.78, 5) is 26.3. The lowest BCUT2D eigenvalue weighted by Crippen LogP contribution is -2.52. The average Bonchev–Trinajstić information content (AvgIpc) is 2.75. The summed E-state index contributed by atoms with van der Waals surface area (Å²) in [6, 6.07) is 0.317. The molecule has 34 heavy (non-hydrogen) atoms. The van der Waals surface area contributed by atoms with Gasteiger partial charge in [-0.2, -0.15) is 0 Å². The van der Waals surface area contributed by atoms with Gasteiger partial charge in [0.1, 0.15) is 12.0 Å². The van der Waals surface area contributed by atoms with Gasteiger partial charge in [-0.3, -0.25) is 0 Å². The highest BCUT2D eigenvalue weighted by Gasteiger charge is 2.44. The quantitative estimate of drug-likeness (QED) is 0.241. The monoisotopic (exact) mass is 479 g/mol. The maximum Gasteiger partial charge on any atom is 0.340 e. The van der Waals surface area contributed by atoms with Crippen LogP contribution in [0.15, 0.2) is 24.0 Å². The first-order chi connectivity index (χ1) is 15.8. The van der Waals surface area contributed by atoms with Crippen molar-refractivity contribution in [2.24, 2.45) is 23.7 Å². The molecule has 2 heterocycles. The summed E-state index contributed by atoms with van der Waals surface area (Å²) in [6.45, 7) is 17.3. The number of ether oxygens (including phenoxy) is 4. The summed E-state index contributed by atoms with van der Waals surface area (Å²) in [5.74, 6) is -1.15. The summed E-state index contributed by atoms with van der Waals surface area (Å²) >= 11 is 0. The van der Waals surface area contributed by atoms with Crippen LogP contribution in [0, 0.1) is 23.7 Å². The van der Waals surface area contributed by atoms with Crippen LogP contribution < -0.4 is 0 Å². The number of carbonyl (C=O) groups excluding carboxylic acids is 2. The maximum absolute atomic E-state index is 12.6. The largest absolute Gasteiger partial charge is 0.456 e.